The molecule has 0 atom stereocenters. The van der Waals surface area contributed by atoms with Crippen LogP contribution in [-0.2, 0) is 0 Å². The third-order valence-electron chi connectivity index (χ3n) is 4.19. The van der Waals surface area contributed by atoms with E-state index >= 15 is 0 Å². The summed E-state index contributed by atoms with van der Waals surface area (Å²) in [5, 5.41) is 15.7. The number of carbonyl (C=O) groups is 1. The predicted octanol–water partition coefficient (Wildman–Crippen LogP) is 4.15. The minimum Gasteiger partial charge on any atom is -0.294 e. The monoisotopic (exact) mass is 430 g/mol. The Morgan fingerprint density at radius 3 is 2.75 bits per heavy atom. The van der Waals surface area contributed by atoms with Crippen molar-refractivity contribution in [3.63, 3.8) is 0 Å². The Kier molecular flexibility index (Phi) is 5.29. The van der Waals surface area contributed by atoms with Crippen molar-refractivity contribution >= 4 is 40.5 Å². The maximum atomic E-state index is 12.8. The van der Waals surface area contributed by atoms with Gasteiger partial charge in [-0.25, -0.2) is 4.98 Å². The molecule has 0 radical (unpaired) electrons. The number of aryl methyl sites for hydroxylation is 1. The minimum absolute atomic E-state index is 0.0200. The molecule has 0 bridgehead atoms. The normalized spacial score (nSPS) is 11.1. The van der Waals surface area contributed by atoms with Gasteiger partial charge in [-0.3, -0.25) is 9.36 Å². The highest BCUT2D eigenvalue weighted by atomic mass is 35.5. The average molecular weight is 431 g/mol. The quantitative estimate of drug-likeness (QED) is 0.337. The minimum atomic E-state index is 0.0200. The SMILES string of the molecule is Cc1cc(C(=O)CSc2nnnn2-c2ccc(Cl)cc2)c(C)n1-c1nccs1. The van der Waals surface area contributed by atoms with Crippen LogP contribution < -0.4 is 0 Å². The summed E-state index contributed by atoms with van der Waals surface area (Å²) in [5.41, 5.74) is 3.33. The first-order chi connectivity index (χ1) is 13.5. The van der Waals surface area contributed by atoms with Gasteiger partial charge in [-0.05, 0) is 54.6 Å². The summed E-state index contributed by atoms with van der Waals surface area (Å²) in [6, 6.07) is 9.09. The molecule has 0 unspecified atom stereocenters. The molecule has 142 valence electrons. The molecule has 0 saturated heterocycles. The first-order valence-corrected chi connectivity index (χ1v) is 10.6. The summed E-state index contributed by atoms with van der Waals surface area (Å²) in [6.45, 7) is 3.91. The summed E-state index contributed by atoms with van der Waals surface area (Å²) in [6.07, 6.45) is 1.76. The van der Waals surface area contributed by atoms with E-state index in [0.29, 0.717) is 15.7 Å². The number of rotatable bonds is 6. The van der Waals surface area contributed by atoms with Crippen LogP contribution >= 0.6 is 34.7 Å². The number of hydrogen-bond donors (Lipinski definition) is 0. The molecular weight excluding hydrogens is 416 g/mol. The molecule has 3 aromatic heterocycles. The van der Waals surface area contributed by atoms with Gasteiger partial charge in [0.25, 0.3) is 0 Å². The van der Waals surface area contributed by atoms with Crippen LogP contribution in [0.25, 0.3) is 10.8 Å². The van der Waals surface area contributed by atoms with E-state index in [9.17, 15) is 4.79 Å². The second-order valence-corrected chi connectivity index (χ2v) is 8.25. The summed E-state index contributed by atoms with van der Waals surface area (Å²) < 4.78 is 3.59. The first kappa shape index (κ1) is 18.9. The Morgan fingerprint density at radius 2 is 2.04 bits per heavy atom. The number of thioether (sulfide) groups is 1. The molecule has 0 aliphatic heterocycles. The second kappa shape index (κ2) is 7.86. The molecular formula is C18H15ClN6OS2. The Balaban J connectivity index is 1.53. The van der Waals surface area contributed by atoms with Gasteiger partial charge in [0.1, 0.15) is 0 Å². The molecule has 4 aromatic rings. The van der Waals surface area contributed by atoms with Crippen LogP contribution in [-0.4, -0.2) is 41.3 Å². The fourth-order valence-corrected chi connectivity index (χ4v) is 4.54. The average Bonchev–Trinajstić information content (AvgIpc) is 3.41. The molecule has 0 N–H and O–H groups in total. The van der Waals surface area contributed by atoms with Gasteiger partial charge < -0.3 is 0 Å². The number of hydrogen-bond acceptors (Lipinski definition) is 7. The van der Waals surface area contributed by atoms with E-state index < -0.39 is 0 Å². The van der Waals surface area contributed by atoms with Gasteiger partial charge >= 0.3 is 0 Å². The van der Waals surface area contributed by atoms with Crippen LogP contribution in [0.4, 0.5) is 0 Å². The number of nitrogens with zero attached hydrogens (tertiary/aromatic N) is 6. The van der Waals surface area contributed by atoms with Gasteiger partial charge in [-0.15, -0.1) is 16.4 Å². The third kappa shape index (κ3) is 3.60. The summed E-state index contributed by atoms with van der Waals surface area (Å²) >= 11 is 8.77. The Hall–Kier alpha value is -2.49. The zero-order valence-electron chi connectivity index (χ0n) is 15.0. The van der Waals surface area contributed by atoms with Crippen molar-refractivity contribution in [3.8, 4) is 10.8 Å². The van der Waals surface area contributed by atoms with E-state index in [1.54, 1.807) is 23.0 Å². The lowest BCUT2D eigenvalue weighted by Gasteiger charge is -2.06. The molecule has 0 aliphatic rings. The molecule has 0 fully saturated rings. The topological polar surface area (TPSA) is 78.5 Å². The fraction of sp³-hybridized carbons (Fsp3) is 0.167. The predicted molar refractivity (Wildman–Crippen MR) is 110 cm³/mol. The maximum Gasteiger partial charge on any atom is 0.214 e. The number of carbonyl (C=O) groups excluding carboxylic acids is 1. The summed E-state index contributed by atoms with van der Waals surface area (Å²) in [4.78, 5) is 17.2. The summed E-state index contributed by atoms with van der Waals surface area (Å²) in [7, 11) is 0. The molecule has 0 spiro atoms. The van der Waals surface area contributed by atoms with Crippen LogP contribution in [0.3, 0.4) is 0 Å². The summed E-state index contributed by atoms with van der Waals surface area (Å²) in [5.74, 6) is 0.252. The van der Waals surface area contributed by atoms with Crippen molar-refractivity contribution in [3.05, 3.63) is 63.9 Å². The van der Waals surface area contributed by atoms with Crippen LogP contribution in [0.2, 0.25) is 5.02 Å². The lowest BCUT2D eigenvalue weighted by atomic mass is 10.2. The van der Waals surface area contributed by atoms with Gasteiger partial charge in [0.05, 0.1) is 11.4 Å². The standard InChI is InChI=1S/C18H15ClN6OS2/c1-11-9-15(12(2)24(11)17-20-7-8-27-17)16(26)10-28-18-21-22-23-25(18)14-5-3-13(19)4-6-14/h3-9H,10H2,1-2H3. The molecule has 28 heavy (non-hydrogen) atoms. The smallest absolute Gasteiger partial charge is 0.214 e. The first-order valence-electron chi connectivity index (χ1n) is 8.33. The zero-order chi connectivity index (χ0) is 19.7. The molecule has 0 amide bonds. The number of aromatic nitrogens is 6. The van der Waals surface area contributed by atoms with Crippen molar-refractivity contribution < 1.29 is 4.79 Å². The van der Waals surface area contributed by atoms with E-state index in [2.05, 4.69) is 20.5 Å². The van der Waals surface area contributed by atoms with E-state index in [1.165, 1.54) is 23.1 Å². The van der Waals surface area contributed by atoms with E-state index in [0.717, 1.165) is 22.2 Å². The highest BCUT2D eigenvalue weighted by Gasteiger charge is 2.19. The maximum absolute atomic E-state index is 12.8. The Morgan fingerprint density at radius 1 is 1.25 bits per heavy atom. The largest absolute Gasteiger partial charge is 0.294 e. The number of thiazole rings is 1. The molecule has 4 rings (SSSR count). The third-order valence-corrected chi connectivity index (χ3v) is 6.11. The highest BCUT2D eigenvalue weighted by molar-refractivity contribution is 7.99. The van der Waals surface area contributed by atoms with Gasteiger partial charge in [-0.1, -0.05) is 23.4 Å². The van der Waals surface area contributed by atoms with E-state index in [1.807, 2.05) is 42.0 Å². The van der Waals surface area contributed by atoms with Crippen LogP contribution in [0.1, 0.15) is 21.7 Å². The lowest BCUT2D eigenvalue weighted by molar-refractivity contribution is 0.102. The molecule has 1 aromatic carbocycles. The van der Waals surface area contributed by atoms with Crippen LogP contribution in [0.15, 0.2) is 47.1 Å². The zero-order valence-corrected chi connectivity index (χ0v) is 17.4. The van der Waals surface area contributed by atoms with Crippen molar-refractivity contribution in [2.24, 2.45) is 0 Å². The Labute approximate surface area is 174 Å². The number of tetrazole rings is 1. The van der Waals surface area contributed by atoms with Crippen molar-refractivity contribution in [2.45, 2.75) is 19.0 Å². The van der Waals surface area contributed by atoms with Gasteiger partial charge in [0.15, 0.2) is 10.9 Å². The number of Topliss-reactive ketones (excluding diaryl/α,β-unsaturated/α-hetero) is 1. The number of halogens is 1. The molecule has 7 nitrogen and oxygen atoms in total. The van der Waals surface area contributed by atoms with Gasteiger partial charge in [0.2, 0.25) is 5.16 Å². The number of benzene rings is 1. The second-order valence-electron chi connectivity index (χ2n) is 6.00. The van der Waals surface area contributed by atoms with Gasteiger partial charge in [0, 0.05) is 33.6 Å². The highest BCUT2D eigenvalue weighted by Crippen LogP contribution is 2.25. The van der Waals surface area contributed by atoms with Crippen LogP contribution in [0.5, 0.6) is 0 Å². The van der Waals surface area contributed by atoms with Crippen molar-refractivity contribution in [2.75, 3.05) is 5.75 Å². The van der Waals surface area contributed by atoms with Gasteiger partial charge in [-0.2, -0.15) is 4.68 Å². The molecule has 0 saturated carbocycles. The number of ketones is 1. The molecule has 10 heteroatoms. The van der Waals surface area contributed by atoms with E-state index in [4.69, 9.17) is 11.6 Å². The van der Waals surface area contributed by atoms with Crippen molar-refractivity contribution in [1.29, 1.82) is 0 Å². The molecule has 0 aliphatic carbocycles. The molecule has 3 heterocycles. The van der Waals surface area contributed by atoms with Crippen LogP contribution in [0, 0.1) is 13.8 Å². The van der Waals surface area contributed by atoms with E-state index in [-0.39, 0.29) is 11.5 Å². The Bertz CT molecular complexity index is 1120. The lowest BCUT2D eigenvalue weighted by Crippen LogP contribution is -2.07. The fourth-order valence-electron chi connectivity index (χ4n) is 2.89. The van der Waals surface area contributed by atoms with Crippen molar-refractivity contribution in [1.82, 2.24) is 29.8 Å².